The highest BCUT2D eigenvalue weighted by atomic mass is 32.1. The number of hydrogen-bond acceptors (Lipinski definition) is 10. The van der Waals surface area contributed by atoms with E-state index >= 15 is 0 Å². The molecule has 12 heteroatoms. The van der Waals surface area contributed by atoms with Crippen LogP contribution in [0.3, 0.4) is 0 Å². The van der Waals surface area contributed by atoms with Gasteiger partial charge in [-0.3, -0.25) is 9.88 Å². The third-order valence-corrected chi connectivity index (χ3v) is 5.95. The van der Waals surface area contributed by atoms with Crippen LogP contribution < -0.4 is 16.4 Å². The van der Waals surface area contributed by atoms with E-state index in [2.05, 4.69) is 41.5 Å². The third kappa shape index (κ3) is 5.33. The third-order valence-electron chi connectivity index (χ3n) is 5.17. The van der Waals surface area contributed by atoms with E-state index in [9.17, 15) is 10.1 Å². The molecule has 0 radical (unpaired) electrons. The summed E-state index contributed by atoms with van der Waals surface area (Å²) in [7, 11) is 1.65. The molecular formula is C21H24N10OS. The van der Waals surface area contributed by atoms with E-state index in [0.29, 0.717) is 47.0 Å². The van der Waals surface area contributed by atoms with Crippen LogP contribution in [0.15, 0.2) is 24.4 Å². The van der Waals surface area contributed by atoms with Gasteiger partial charge in [-0.1, -0.05) is 11.3 Å². The van der Waals surface area contributed by atoms with Crippen LogP contribution in [0, 0.1) is 18.3 Å². The monoisotopic (exact) mass is 464 g/mol. The number of thiazole rings is 1. The van der Waals surface area contributed by atoms with Crippen molar-refractivity contribution < 1.29 is 4.79 Å². The summed E-state index contributed by atoms with van der Waals surface area (Å²) < 4.78 is 0. The Kier molecular flexibility index (Phi) is 6.62. The molecule has 1 fully saturated rings. The van der Waals surface area contributed by atoms with Crippen molar-refractivity contribution in [3.63, 3.8) is 0 Å². The minimum atomic E-state index is -0.0423. The fourth-order valence-electron chi connectivity index (χ4n) is 3.65. The zero-order valence-electron chi connectivity index (χ0n) is 18.4. The number of urea groups is 1. The number of hydrogen-bond donors (Lipinski definition) is 3. The second-order valence-electron chi connectivity index (χ2n) is 7.54. The lowest BCUT2D eigenvalue weighted by atomic mass is 10.2. The number of amides is 2. The summed E-state index contributed by atoms with van der Waals surface area (Å²) in [5, 5.41) is 15.5. The molecule has 170 valence electrons. The first-order valence-corrected chi connectivity index (χ1v) is 11.2. The molecular weight excluding hydrogens is 440 g/mol. The second-order valence-corrected chi connectivity index (χ2v) is 8.57. The number of nitrogen functional groups attached to an aromatic ring is 1. The fourth-order valence-corrected chi connectivity index (χ4v) is 4.29. The van der Waals surface area contributed by atoms with Gasteiger partial charge in [-0.15, -0.1) is 0 Å². The van der Waals surface area contributed by atoms with Crippen molar-refractivity contribution in [3.05, 3.63) is 40.7 Å². The highest BCUT2D eigenvalue weighted by Gasteiger charge is 2.21. The molecule has 4 N–H and O–H groups in total. The van der Waals surface area contributed by atoms with E-state index in [-0.39, 0.29) is 6.03 Å². The molecule has 0 aliphatic carbocycles. The summed E-state index contributed by atoms with van der Waals surface area (Å²) >= 11 is 1.13. The molecule has 1 aliphatic heterocycles. The Labute approximate surface area is 195 Å². The van der Waals surface area contributed by atoms with Gasteiger partial charge < -0.3 is 21.3 Å². The van der Waals surface area contributed by atoms with Gasteiger partial charge in [0.2, 0.25) is 5.95 Å². The van der Waals surface area contributed by atoms with Crippen LogP contribution in [-0.4, -0.2) is 69.0 Å². The number of rotatable bonds is 5. The normalized spacial score (nSPS) is 14.0. The Hall–Kier alpha value is -3.82. The van der Waals surface area contributed by atoms with Crippen molar-refractivity contribution in [1.82, 2.24) is 35.1 Å². The Morgan fingerprint density at radius 3 is 2.76 bits per heavy atom. The molecule has 4 heterocycles. The molecule has 2 amide bonds. The number of carbonyl (C=O) groups excluding carboxylic acids is 1. The number of carbonyl (C=O) groups is 1. The molecule has 0 saturated carbocycles. The number of nitriles is 1. The number of piperazine rings is 1. The number of aromatic nitrogens is 4. The maximum atomic E-state index is 11.8. The first kappa shape index (κ1) is 22.4. The highest BCUT2D eigenvalue weighted by Crippen LogP contribution is 2.28. The standard InChI is InChI=1S/C21H24N10OS/c1-13-9-14(10-15(26-13)12-30-5-7-31(8-6-30)21(32)24-2)27-20-25-4-3-16(28-20)18-17(11-22)33-19(23)29-18/h3-4,9-10H,5-8,12H2,1-2H3,(H2,23,29)(H,24,32)(H,25,26,27,28). The van der Waals surface area contributed by atoms with E-state index in [1.54, 1.807) is 19.3 Å². The number of nitrogens with zero attached hydrogens (tertiary/aromatic N) is 7. The smallest absolute Gasteiger partial charge is 0.317 e. The van der Waals surface area contributed by atoms with Crippen molar-refractivity contribution in [2.24, 2.45) is 0 Å². The molecule has 4 rings (SSSR count). The number of nitrogens with one attached hydrogen (secondary N) is 2. The van der Waals surface area contributed by atoms with Gasteiger partial charge >= 0.3 is 6.03 Å². The molecule has 33 heavy (non-hydrogen) atoms. The first-order chi connectivity index (χ1) is 15.9. The van der Waals surface area contributed by atoms with Gasteiger partial charge in [0, 0.05) is 57.3 Å². The molecule has 1 saturated heterocycles. The predicted molar refractivity (Wildman–Crippen MR) is 126 cm³/mol. The molecule has 1 aliphatic rings. The van der Waals surface area contributed by atoms with Crippen LogP contribution in [0.2, 0.25) is 0 Å². The average molecular weight is 465 g/mol. The first-order valence-electron chi connectivity index (χ1n) is 10.4. The number of aryl methyl sites for hydroxylation is 1. The molecule has 0 bridgehead atoms. The Balaban J connectivity index is 1.47. The van der Waals surface area contributed by atoms with Gasteiger partial charge in [0.25, 0.3) is 0 Å². The van der Waals surface area contributed by atoms with Crippen LogP contribution in [0.25, 0.3) is 11.4 Å². The van der Waals surface area contributed by atoms with E-state index < -0.39 is 0 Å². The molecule has 11 nitrogen and oxygen atoms in total. The van der Waals surface area contributed by atoms with E-state index in [1.165, 1.54) is 0 Å². The lowest BCUT2D eigenvalue weighted by molar-refractivity contribution is 0.135. The van der Waals surface area contributed by atoms with Crippen LogP contribution in [0.4, 0.5) is 21.6 Å². The quantitative estimate of drug-likeness (QED) is 0.515. The van der Waals surface area contributed by atoms with Gasteiger partial charge in [0.05, 0.1) is 11.4 Å². The van der Waals surface area contributed by atoms with E-state index in [4.69, 9.17) is 5.73 Å². The minimum absolute atomic E-state index is 0.0423. The lowest BCUT2D eigenvalue weighted by Gasteiger charge is -2.34. The number of anilines is 3. The lowest BCUT2D eigenvalue weighted by Crippen LogP contribution is -2.50. The predicted octanol–water partition coefficient (Wildman–Crippen LogP) is 1.96. The summed E-state index contributed by atoms with van der Waals surface area (Å²) in [4.78, 5) is 34.0. The molecule has 3 aromatic heterocycles. The summed E-state index contributed by atoms with van der Waals surface area (Å²) in [6.45, 7) is 5.56. The molecule has 0 atom stereocenters. The molecule has 0 unspecified atom stereocenters. The van der Waals surface area contributed by atoms with E-state index in [0.717, 1.165) is 41.5 Å². The number of pyridine rings is 1. The summed E-state index contributed by atoms with van der Waals surface area (Å²) in [5.74, 6) is 0.388. The largest absolute Gasteiger partial charge is 0.375 e. The Bertz CT molecular complexity index is 1200. The Morgan fingerprint density at radius 1 is 1.24 bits per heavy atom. The van der Waals surface area contributed by atoms with Gasteiger partial charge in [-0.2, -0.15) is 5.26 Å². The summed E-state index contributed by atoms with van der Waals surface area (Å²) in [6, 6.07) is 7.65. The number of nitrogens with two attached hydrogens (primary N) is 1. The van der Waals surface area contributed by atoms with E-state index in [1.807, 2.05) is 24.0 Å². The van der Waals surface area contributed by atoms with Crippen LogP contribution in [0.1, 0.15) is 16.3 Å². The minimum Gasteiger partial charge on any atom is -0.375 e. The molecule has 3 aromatic rings. The van der Waals surface area contributed by atoms with Crippen LogP contribution in [0.5, 0.6) is 0 Å². The zero-order valence-corrected chi connectivity index (χ0v) is 19.2. The fraction of sp³-hybridized carbons (Fsp3) is 0.333. The van der Waals surface area contributed by atoms with Crippen molar-refractivity contribution in [3.8, 4) is 17.5 Å². The van der Waals surface area contributed by atoms with Gasteiger partial charge in [0.15, 0.2) is 5.13 Å². The van der Waals surface area contributed by atoms with Crippen molar-refractivity contribution in [2.75, 3.05) is 44.3 Å². The summed E-state index contributed by atoms with van der Waals surface area (Å²) in [5.41, 5.74) is 9.34. The SMILES string of the molecule is CNC(=O)N1CCN(Cc2cc(Nc3nccc(-c4nc(N)sc4C#N)n3)cc(C)n2)CC1. The second kappa shape index (κ2) is 9.76. The summed E-state index contributed by atoms with van der Waals surface area (Å²) in [6.07, 6.45) is 1.61. The van der Waals surface area contributed by atoms with Crippen molar-refractivity contribution in [2.45, 2.75) is 13.5 Å². The van der Waals surface area contributed by atoms with Crippen LogP contribution >= 0.6 is 11.3 Å². The maximum absolute atomic E-state index is 11.8. The van der Waals surface area contributed by atoms with Gasteiger partial charge in [-0.05, 0) is 25.1 Å². The molecule has 0 spiro atoms. The van der Waals surface area contributed by atoms with Gasteiger partial charge in [0.1, 0.15) is 16.6 Å². The maximum Gasteiger partial charge on any atom is 0.317 e. The van der Waals surface area contributed by atoms with Crippen molar-refractivity contribution in [1.29, 1.82) is 5.26 Å². The topological polar surface area (TPSA) is 149 Å². The van der Waals surface area contributed by atoms with Crippen LogP contribution in [-0.2, 0) is 6.54 Å². The van der Waals surface area contributed by atoms with Crippen molar-refractivity contribution >= 4 is 34.1 Å². The highest BCUT2D eigenvalue weighted by molar-refractivity contribution is 7.16. The van der Waals surface area contributed by atoms with Gasteiger partial charge in [-0.25, -0.2) is 19.7 Å². The Morgan fingerprint density at radius 2 is 2.03 bits per heavy atom. The average Bonchev–Trinajstić information content (AvgIpc) is 3.19. The molecule has 0 aromatic carbocycles. The zero-order chi connectivity index (χ0) is 23.4.